The Hall–Kier alpha value is -1.40. The monoisotopic (exact) mass is 334 g/mol. The topological polar surface area (TPSA) is 59.4 Å². The van der Waals surface area contributed by atoms with Crippen LogP contribution in [-0.2, 0) is 22.0 Å². The number of amides is 1. The minimum absolute atomic E-state index is 0.0275. The summed E-state index contributed by atoms with van der Waals surface area (Å²) < 4.78 is 7.64. The fourth-order valence-corrected chi connectivity index (χ4v) is 3.69. The zero-order valence-corrected chi connectivity index (χ0v) is 15.3. The lowest BCUT2D eigenvalue weighted by Crippen LogP contribution is -2.54. The number of fused-ring (bicyclic) bond motifs is 1. The number of aromatic nitrogens is 2. The van der Waals surface area contributed by atoms with Gasteiger partial charge in [-0.15, -0.1) is 0 Å². The predicted octanol–water partition coefficient (Wildman–Crippen LogP) is 2.30. The molecular formula is C18H30N4O2. The second-order valence-electron chi connectivity index (χ2n) is 8.07. The Balaban J connectivity index is 1.62. The summed E-state index contributed by atoms with van der Waals surface area (Å²) in [5.41, 5.74) is 0.958. The van der Waals surface area contributed by atoms with Crippen LogP contribution in [-0.4, -0.2) is 52.4 Å². The molecule has 0 radical (unpaired) electrons. The summed E-state index contributed by atoms with van der Waals surface area (Å²) in [7, 11) is 1.87. The van der Waals surface area contributed by atoms with Gasteiger partial charge in [-0.25, -0.2) is 0 Å². The number of rotatable bonds is 3. The largest absolute Gasteiger partial charge is 0.375 e. The van der Waals surface area contributed by atoms with Crippen LogP contribution in [0.25, 0.3) is 0 Å². The molecule has 6 heteroatoms. The summed E-state index contributed by atoms with van der Waals surface area (Å²) in [4.78, 5) is 14.8. The van der Waals surface area contributed by atoms with Gasteiger partial charge in [0.2, 0.25) is 5.91 Å². The summed E-state index contributed by atoms with van der Waals surface area (Å²) in [6, 6.07) is 2.37. The minimum atomic E-state index is -0.0275. The highest BCUT2D eigenvalue weighted by molar-refractivity contribution is 5.91. The van der Waals surface area contributed by atoms with Crippen LogP contribution in [0.5, 0.6) is 0 Å². The highest BCUT2D eigenvalue weighted by atomic mass is 16.5. The van der Waals surface area contributed by atoms with Gasteiger partial charge in [0.15, 0.2) is 0 Å². The van der Waals surface area contributed by atoms with Gasteiger partial charge in [0.25, 0.3) is 0 Å². The lowest BCUT2D eigenvalue weighted by atomic mass is 9.90. The van der Waals surface area contributed by atoms with E-state index in [0.29, 0.717) is 18.7 Å². The van der Waals surface area contributed by atoms with Gasteiger partial charge < -0.3 is 10.1 Å². The molecule has 1 saturated carbocycles. The number of carbonyl (C=O) groups excluding carboxylic acids is 1. The van der Waals surface area contributed by atoms with Gasteiger partial charge in [0, 0.05) is 31.1 Å². The Bertz CT molecular complexity index is 588. The summed E-state index contributed by atoms with van der Waals surface area (Å²) in [5.74, 6) is 0.795. The van der Waals surface area contributed by atoms with Crippen LogP contribution in [0.15, 0.2) is 6.07 Å². The van der Waals surface area contributed by atoms with Gasteiger partial charge in [-0.2, -0.15) is 5.10 Å². The normalized spacial score (nSPS) is 25.3. The zero-order valence-electron chi connectivity index (χ0n) is 15.3. The van der Waals surface area contributed by atoms with Crippen molar-refractivity contribution in [1.82, 2.24) is 14.7 Å². The first-order valence-corrected chi connectivity index (χ1v) is 9.04. The zero-order chi connectivity index (χ0) is 17.3. The fraction of sp³-hybridized carbons (Fsp3) is 0.778. The molecule has 1 amide bonds. The number of nitrogens with zero attached hydrogens (tertiary/aromatic N) is 3. The van der Waals surface area contributed by atoms with E-state index in [2.05, 4.69) is 36.1 Å². The van der Waals surface area contributed by atoms with Crippen molar-refractivity contribution in [2.24, 2.45) is 7.05 Å². The van der Waals surface area contributed by atoms with Crippen LogP contribution in [0.1, 0.15) is 52.1 Å². The number of carbonyl (C=O) groups is 1. The molecule has 1 N–H and O–H groups in total. The number of anilines is 1. The molecule has 0 spiro atoms. The van der Waals surface area contributed by atoms with E-state index in [1.54, 1.807) is 4.68 Å². The maximum Gasteiger partial charge on any atom is 0.239 e. The average molecular weight is 334 g/mol. The highest BCUT2D eigenvalue weighted by Crippen LogP contribution is 2.28. The Labute approximate surface area is 144 Å². The molecular weight excluding hydrogens is 304 g/mol. The number of morpholine rings is 1. The number of ether oxygens (including phenoxy) is 1. The van der Waals surface area contributed by atoms with Crippen LogP contribution in [0, 0.1) is 0 Å². The van der Waals surface area contributed by atoms with Crippen molar-refractivity contribution < 1.29 is 9.53 Å². The van der Waals surface area contributed by atoms with Crippen molar-refractivity contribution in [2.45, 2.75) is 64.0 Å². The van der Waals surface area contributed by atoms with Crippen molar-refractivity contribution in [3.05, 3.63) is 11.8 Å². The molecule has 3 rings (SSSR count). The van der Waals surface area contributed by atoms with Gasteiger partial charge in [0.05, 0.1) is 24.9 Å². The van der Waals surface area contributed by atoms with Gasteiger partial charge in [-0.3, -0.25) is 14.4 Å². The third-order valence-electron chi connectivity index (χ3n) is 5.11. The van der Waals surface area contributed by atoms with E-state index in [1.165, 1.54) is 12.8 Å². The van der Waals surface area contributed by atoms with E-state index in [4.69, 9.17) is 4.74 Å². The van der Waals surface area contributed by atoms with Crippen molar-refractivity contribution in [3.8, 4) is 0 Å². The third-order valence-corrected chi connectivity index (χ3v) is 5.11. The fourth-order valence-electron chi connectivity index (χ4n) is 3.69. The van der Waals surface area contributed by atoms with Crippen molar-refractivity contribution in [1.29, 1.82) is 0 Å². The molecule has 134 valence electrons. The Kier molecular flexibility index (Phi) is 4.97. The van der Waals surface area contributed by atoms with E-state index in [1.807, 2.05) is 13.1 Å². The second-order valence-corrected chi connectivity index (χ2v) is 8.07. The molecule has 1 aromatic heterocycles. The highest BCUT2D eigenvalue weighted by Gasteiger charge is 2.35. The number of aryl methyl sites for hydroxylation is 1. The Morgan fingerprint density at radius 2 is 2.12 bits per heavy atom. The van der Waals surface area contributed by atoms with Crippen LogP contribution < -0.4 is 5.32 Å². The van der Waals surface area contributed by atoms with E-state index in [9.17, 15) is 4.79 Å². The van der Waals surface area contributed by atoms with Gasteiger partial charge in [-0.1, -0.05) is 33.6 Å². The summed E-state index contributed by atoms with van der Waals surface area (Å²) >= 11 is 0. The molecule has 1 aliphatic carbocycles. The van der Waals surface area contributed by atoms with Gasteiger partial charge >= 0.3 is 0 Å². The first-order chi connectivity index (χ1) is 11.3. The maximum atomic E-state index is 12.5. The maximum absolute atomic E-state index is 12.5. The molecule has 1 saturated heterocycles. The third kappa shape index (κ3) is 3.81. The van der Waals surface area contributed by atoms with Crippen LogP contribution in [0.2, 0.25) is 0 Å². The number of hydrogen-bond donors (Lipinski definition) is 1. The molecule has 2 aliphatic rings. The van der Waals surface area contributed by atoms with Crippen molar-refractivity contribution >= 4 is 11.7 Å². The molecule has 0 unspecified atom stereocenters. The van der Waals surface area contributed by atoms with Gasteiger partial charge in [-0.05, 0) is 12.8 Å². The number of hydrogen-bond acceptors (Lipinski definition) is 4. The molecule has 0 bridgehead atoms. The quantitative estimate of drug-likeness (QED) is 0.921. The smallest absolute Gasteiger partial charge is 0.239 e. The minimum Gasteiger partial charge on any atom is -0.375 e. The predicted molar refractivity (Wildman–Crippen MR) is 94.1 cm³/mol. The standard InChI is InChI=1S/C18H30N4O2/c1-18(2,3)15-11-16(21(4)20-15)19-17(23)12-22-9-10-24-14-8-6-5-7-13(14)22/h11,13-14H,5-10,12H2,1-4H3,(H,19,23)/t13-,14+/m0/s1. The van der Waals surface area contributed by atoms with E-state index < -0.39 is 0 Å². The Morgan fingerprint density at radius 3 is 2.83 bits per heavy atom. The molecule has 1 aliphatic heterocycles. The molecule has 2 atom stereocenters. The number of nitrogens with one attached hydrogen (secondary N) is 1. The molecule has 2 fully saturated rings. The molecule has 24 heavy (non-hydrogen) atoms. The molecule has 6 nitrogen and oxygen atoms in total. The first-order valence-electron chi connectivity index (χ1n) is 9.04. The van der Waals surface area contributed by atoms with E-state index in [0.717, 1.165) is 37.5 Å². The molecule has 0 aromatic carbocycles. The SMILES string of the molecule is Cn1nc(C(C)(C)C)cc1NC(=O)CN1CCO[C@@H]2CCCC[C@@H]21. The van der Waals surface area contributed by atoms with Crippen molar-refractivity contribution in [3.63, 3.8) is 0 Å². The first kappa shape index (κ1) is 17.4. The lowest BCUT2D eigenvalue weighted by Gasteiger charge is -2.43. The van der Waals surface area contributed by atoms with Crippen LogP contribution >= 0.6 is 0 Å². The summed E-state index contributed by atoms with van der Waals surface area (Å²) in [6.07, 6.45) is 5.05. The van der Waals surface area contributed by atoms with Gasteiger partial charge in [0.1, 0.15) is 5.82 Å². The van der Waals surface area contributed by atoms with E-state index >= 15 is 0 Å². The second kappa shape index (κ2) is 6.84. The summed E-state index contributed by atoms with van der Waals surface area (Å²) in [5, 5.41) is 7.54. The lowest BCUT2D eigenvalue weighted by molar-refractivity contribution is -0.124. The van der Waals surface area contributed by atoms with Crippen LogP contribution in [0.4, 0.5) is 5.82 Å². The molecule has 1 aromatic rings. The molecule has 2 heterocycles. The Morgan fingerprint density at radius 1 is 1.38 bits per heavy atom. The average Bonchev–Trinajstić information content (AvgIpc) is 2.89. The summed E-state index contributed by atoms with van der Waals surface area (Å²) in [6.45, 7) is 8.37. The van der Waals surface area contributed by atoms with E-state index in [-0.39, 0.29) is 11.3 Å². The van der Waals surface area contributed by atoms with Crippen LogP contribution in [0.3, 0.4) is 0 Å². The van der Waals surface area contributed by atoms with Crippen molar-refractivity contribution in [2.75, 3.05) is 25.0 Å².